The molecule has 1 aromatic rings. The number of esters is 1. The lowest BCUT2D eigenvalue weighted by Crippen LogP contribution is -2.37. The first-order chi connectivity index (χ1) is 11.5. The third-order valence-corrected chi connectivity index (χ3v) is 4.48. The summed E-state index contributed by atoms with van der Waals surface area (Å²) < 4.78 is 6.56. The van der Waals surface area contributed by atoms with Gasteiger partial charge < -0.3 is 9.30 Å². The number of ketones is 1. The number of rotatable bonds is 5. The predicted molar refractivity (Wildman–Crippen MR) is 82.8 cm³/mol. The number of aromatic nitrogens is 1. The molecular formula is C17H18N2O5. The molecule has 0 spiro atoms. The molecule has 2 aliphatic rings. The van der Waals surface area contributed by atoms with Crippen molar-refractivity contribution in [2.24, 2.45) is 18.9 Å². The zero-order chi connectivity index (χ0) is 17.3. The molecule has 0 unspecified atom stereocenters. The summed E-state index contributed by atoms with van der Waals surface area (Å²) in [5.74, 6) is -2.51. The highest BCUT2D eigenvalue weighted by Gasteiger charge is 2.47. The number of likely N-dealkylation sites (tertiary alicyclic amines) is 1. The summed E-state index contributed by atoms with van der Waals surface area (Å²) in [6.45, 7) is -0.855. The van der Waals surface area contributed by atoms with Crippen LogP contribution in [0.2, 0.25) is 0 Å². The molecule has 2 amide bonds. The minimum absolute atomic E-state index is 0.333. The van der Waals surface area contributed by atoms with E-state index in [9.17, 15) is 19.2 Å². The van der Waals surface area contributed by atoms with Gasteiger partial charge in [0, 0.05) is 13.2 Å². The van der Waals surface area contributed by atoms with Crippen molar-refractivity contribution in [3.63, 3.8) is 0 Å². The van der Waals surface area contributed by atoms with Crippen LogP contribution in [0, 0.1) is 11.8 Å². The van der Waals surface area contributed by atoms with Crippen LogP contribution in [0.3, 0.4) is 0 Å². The van der Waals surface area contributed by atoms with E-state index in [4.69, 9.17) is 4.74 Å². The number of nitrogens with zero attached hydrogens (tertiary/aromatic N) is 2. The summed E-state index contributed by atoms with van der Waals surface area (Å²) in [6.07, 6.45) is 6.52. The maximum Gasteiger partial charge on any atom is 0.326 e. The van der Waals surface area contributed by atoms with E-state index in [0.29, 0.717) is 18.5 Å². The summed E-state index contributed by atoms with van der Waals surface area (Å²) in [4.78, 5) is 49.3. The molecule has 0 aromatic carbocycles. The second-order valence-electron chi connectivity index (χ2n) is 6.01. The Morgan fingerprint density at radius 3 is 2.33 bits per heavy atom. The fourth-order valence-corrected chi connectivity index (χ4v) is 3.17. The van der Waals surface area contributed by atoms with Crippen LogP contribution in [0.4, 0.5) is 0 Å². The minimum atomic E-state index is -0.758. The molecule has 0 bridgehead atoms. The number of imide groups is 1. The van der Waals surface area contributed by atoms with Crippen LogP contribution in [0.15, 0.2) is 30.5 Å². The van der Waals surface area contributed by atoms with Crippen molar-refractivity contribution in [2.45, 2.75) is 12.8 Å². The van der Waals surface area contributed by atoms with E-state index < -0.39 is 19.1 Å². The van der Waals surface area contributed by atoms with Gasteiger partial charge in [-0.05, 0) is 25.0 Å². The van der Waals surface area contributed by atoms with E-state index >= 15 is 0 Å². The van der Waals surface area contributed by atoms with Crippen LogP contribution >= 0.6 is 0 Å². The lowest BCUT2D eigenvalue weighted by molar-refractivity contribution is -0.152. The van der Waals surface area contributed by atoms with Crippen LogP contribution in [-0.4, -0.2) is 46.2 Å². The second kappa shape index (κ2) is 6.43. The van der Waals surface area contributed by atoms with Gasteiger partial charge in [0.05, 0.1) is 17.5 Å². The number of aryl methyl sites for hydroxylation is 1. The van der Waals surface area contributed by atoms with Crippen LogP contribution in [0.5, 0.6) is 0 Å². The van der Waals surface area contributed by atoms with Gasteiger partial charge in [0.1, 0.15) is 6.54 Å². The number of amides is 2. The first-order valence-electron chi connectivity index (χ1n) is 7.79. The van der Waals surface area contributed by atoms with E-state index in [2.05, 4.69) is 0 Å². The number of Topliss-reactive ketones (excluding diaryl/α,β-unsaturated/α-hetero) is 1. The molecule has 1 saturated heterocycles. The zero-order valence-electron chi connectivity index (χ0n) is 13.3. The van der Waals surface area contributed by atoms with Crippen molar-refractivity contribution in [1.82, 2.24) is 9.47 Å². The fourth-order valence-electron chi connectivity index (χ4n) is 3.17. The van der Waals surface area contributed by atoms with E-state index in [1.165, 1.54) is 0 Å². The smallest absolute Gasteiger partial charge is 0.326 e. The standard InChI is InChI=1S/C17H18N2O5/c1-18-8-4-7-13(18)14(20)10-24-15(21)9-19-16(22)11-5-2-3-6-12(11)17(19)23/h2-4,7-8,11-12H,5-6,9-10H2,1H3/t11-,12-/m0/s1. The maximum atomic E-state index is 12.2. The Morgan fingerprint density at radius 2 is 1.79 bits per heavy atom. The number of hydrogen-bond acceptors (Lipinski definition) is 5. The molecule has 24 heavy (non-hydrogen) atoms. The molecule has 1 fully saturated rings. The van der Waals surface area contributed by atoms with Crippen LogP contribution < -0.4 is 0 Å². The quantitative estimate of drug-likeness (QED) is 0.343. The summed E-state index contributed by atoms with van der Waals surface area (Å²) >= 11 is 0. The normalized spacial score (nSPS) is 22.6. The van der Waals surface area contributed by atoms with Gasteiger partial charge in [-0.1, -0.05) is 12.2 Å². The van der Waals surface area contributed by atoms with Gasteiger partial charge in [-0.15, -0.1) is 0 Å². The van der Waals surface area contributed by atoms with Crippen molar-refractivity contribution in [3.8, 4) is 0 Å². The van der Waals surface area contributed by atoms with Gasteiger partial charge in [0.2, 0.25) is 17.6 Å². The number of ether oxygens (including phenoxy) is 1. The first-order valence-corrected chi connectivity index (χ1v) is 7.79. The van der Waals surface area contributed by atoms with E-state index in [1.54, 1.807) is 29.9 Å². The summed E-state index contributed by atoms with van der Waals surface area (Å²) in [5.41, 5.74) is 0.424. The zero-order valence-corrected chi connectivity index (χ0v) is 13.3. The van der Waals surface area contributed by atoms with E-state index in [0.717, 1.165) is 4.90 Å². The summed E-state index contributed by atoms with van der Waals surface area (Å²) in [5, 5.41) is 0. The molecule has 0 saturated carbocycles. The minimum Gasteiger partial charge on any atom is -0.456 e. The number of hydrogen-bond donors (Lipinski definition) is 0. The van der Waals surface area contributed by atoms with Gasteiger partial charge in [-0.25, -0.2) is 0 Å². The van der Waals surface area contributed by atoms with Gasteiger partial charge in [0.15, 0.2) is 6.61 Å². The molecule has 1 aliphatic heterocycles. The largest absolute Gasteiger partial charge is 0.456 e. The molecule has 1 aromatic heterocycles. The van der Waals surface area contributed by atoms with Gasteiger partial charge in [0.25, 0.3) is 0 Å². The first kappa shape index (κ1) is 16.2. The molecule has 1 aliphatic carbocycles. The van der Waals surface area contributed by atoms with Crippen molar-refractivity contribution in [1.29, 1.82) is 0 Å². The number of allylic oxidation sites excluding steroid dienone is 2. The molecule has 7 heteroatoms. The average Bonchev–Trinajstić information content (AvgIpc) is 3.11. The molecule has 0 N–H and O–H groups in total. The number of fused-ring (bicyclic) bond motifs is 1. The number of carbonyl (C=O) groups is 4. The monoisotopic (exact) mass is 330 g/mol. The summed E-state index contributed by atoms with van der Waals surface area (Å²) in [6, 6.07) is 3.34. The molecule has 0 radical (unpaired) electrons. The van der Waals surface area contributed by atoms with Gasteiger partial charge >= 0.3 is 5.97 Å². The molecule has 7 nitrogen and oxygen atoms in total. The van der Waals surface area contributed by atoms with Crippen LogP contribution in [-0.2, 0) is 26.2 Å². The second-order valence-corrected chi connectivity index (χ2v) is 6.01. The molecule has 3 rings (SSSR count). The van der Waals surface area contributed by atoms with Crippen molar-refractivity contribution in [3.05, 3.63) is 36.2 Å². The highest BCUT2D eigenvalue weighted by Crippen LogP contribution is 2.34. The Morgan fingerprint density at radius 1 is 1.17 bits per heavy atom. The van der Waals surface area contributed by atoms with Crippen molar-refractivity contribution in [2.75, 3.05) is 13.2 Å². The van der Waals surface area contributed by atoms with E-state index in [-0.39, 0.29) is 29.4 Å². The van der Waals surface area contributed by atoms with E-state index in [1.807, 2.05) is 12.2 Å². The van der Waals surface area contributed by atoms with Crippen molar-refractivity contribution >= 4 is 23.6 Å². The third kappa shape index (κ3) is 2.89. The molecule has 126 valence electrons. The third-order valence-electron chi connectivity index (χ3n) is 4.48. The Labute approximate surface area is 138 Å². The Bertz CT molecular complexity index is 707. The number of carbonyl (C=O) groups excluding carboxylic acids is 4. The lowest BCUT2D eigenvalue weighted by Gasteiger charge is -2.14. The van der Waals surface area contributed by atoms with Gasteiger partial charge in [-0.2, -0.15) is 0 Å². The Kier molecular flexibility index (Phi) is 4.33. The highest BCUT2D eigenvalue weighted by atomic mass is 16.5. The topological polar surface area (TPSA) is 85.7 Å². The van der Waals surface area contributed by atoms with Crippen molar-refractivity contribution < 1.29 is 23.9 Å². The van der Waals surface area contributed by atoms with Crippen LogP contribution in [0.25, 0.3) is 0 Å². The Hall–Kier alpha value is -2.70. The average molecular weight is 330 g/mol. The summed E-state index contributed by atoms with van der Waals surface area (Å²) in [7, 11) is 1.71. The molecule has 2 atom stereocenters. The maximum absolute atomic E-state index is 12.2. The van der Waals surface area contributed by atoms with Gasteiger partial charge in [-0.3, -0.25) is 24.1 Å². The molecular weight excluding hydrogens is 312 g/mol. The van der Waals surface area contributed by atoms with Crippen LogP contribution in [0.1, 0.15) is 23.3 Å². The fraction of sp³-hybridized carbons (Fsp3) is 0.412. The lowest BCUT2D eigenvalue weighted by atomic mass is 9.85. The predicted octanol–water partition coefficient (Wildman–Crippen LogP) is 0.702. The Balaban J connectivity index is 1.56. The highest BCUT2D eigenvalue weighted by molar-refractivity contribution is 6.07. The SMILES string of the molecule is Cn1cccc1C(=O)COC(=O)CN1C(=O)[C@H]2CC=CC[C@@H]2C1=O. The molecule has 2 heterocycles.